The molecule has 0 aromatic heterocycles. The van der Waals surface area contributed by atoms with Gasteiger partial charge in [-0.1, -0.05) is 0 Å². The summed E-state index contributed by atoms with van der Waals surface area (Å²) in [5.74, 6) is -1.06. The summed E-state index contributed by atoms with van der Waals surface area (Å²) < 4.78 is 5.06. The van der Waals surface area contributed by atoms with E-state index in [0.29, 0.717) is 13.2 Å². The first-order valence-electron chi connectivity index (χ1n) is 5.90. The number of hydrogen-bond donors (Lipinski definition) is 3. The number of nitrogens with one attached hydrogen (secondary N) is 2. The van der Waals surface area contributed by atoms with Gasteiger partial charge in [-0.2, -0.15) is 0 Å². The van der Waals surface area contributed by atoms with Crippen molar-refractivity contribution in [3.8, 4) is 0 Å². The maximum absolute atomic E-state index is 11.7. The Hall–Kier alpha value is -1.34. The molecule has 1 saturated heterocycles. The van der Waals surface area contributed by atoms with Crippen LogP contribution in [0.25, 0.3) is 0 Å². The lowest BCUT2D eigenvalue weighted by Gasteiger charge is -2.26. The van der Waals surface area contributed by atoms with Crippen LogP contribution in [0.3, 0.4) is 0 Å². The Kier molecular flexibility index (Phi) is 4.92. The van der Waals surface area contributed by atoms with E-state index in [4.69, 9.17) is 9.84 Å². The van der Waals surface area contributed by atoms with E-state index < -0.39 is 17.5 Å². The molecule has 1 aliphatic heterocycles. The first kappa shape index (κ1) is 14.7. The topological polar surface area (TPSA) is 90.9 Å². The van der Waals surface area contributed by atoms with Crippen molar-refractivity contribution in [2.24, 2.45) is 0 Å². The Morgan fingerprint density at radius 3 is 2.61 bits per heavy atom. The van der Waals surface area contributed by atoms with Crippen molar-refractivity contribution >= 4 is 12.0 Å². The predicted octanol–water partition coefficient (Wildman–Crippen LogP) is -0.521. The van der Waals surface area contributed by atoms with Crippen molar-refractivity contribution in [1.29, 1.82) is 0 Å². The number of amides is 2. The Morgan fingerprint density at radius 2 is 2.17 bits per heavy atom. The number of carboxylic acid groups (broad SMARTS) is 1. The minimum absolute atomic E-state index is 0.0117. The molecular formula is C11H21N3O4. The molecule has 0 aromatic rings. The molecule has 18 heavy (non-hydrogen) atoms. The third kappa shape index (κ3) is 3.85. The van der Waals surface area contributed by atoms with Crippen molar-refractivity contribution in [1.82, 2.24) is 15.5 Å². The number of nitrogens with zero attached hydrogens (tertiary/aromatic N) is 1. The maximum Gasteiger partial charge on any atom is 0.332 e. The number of urea groups is 1. The van der Waals surface area contributed by atoms with Gasteiger partial charge in [0.15, 0.2) is 5.54 Å². The molecule has 0 aliphatic carbocycles. The second-order valence-electron chi connectivity index (χ2n) is 4.95. The lowest BCUT2D eigenvalue weighted by atomic mass is 9.99. The van der Waals surface area contributed by atoms with Gasteiger partial charge >= 0.3 is 12.0 Å². The molecule has 7 heteroatoms. The lowest BCUT2D eigenvalue weighted by molar-refractivity contribution is -0.144. The molecule has 7 nitrogen and oxygen atoms in total. The quantitative estimate of drug-likeness (QED) is 0.618. The summed E-state index contributed by atoms with van der Waals surface area (Å²) in [4.78, 5) is 24.9. The molecule has 1 aliphatic rings. The number of carbonyl (C=O) groups excluding carboxylic acids is 1. The Bertz CT molecular complexity index is 313. The summed E-state index contributed by atoms with van der Waals surface area (Å²) in [5, 5.41) is 14.4. The molecule has 0 spiro atoms. The molecular weight excluding hydrogens is 238 g/mol. The van der Waals surface area contributed by atoms with Crippen molar-refractivity contribution < 1.29 is 19.4 Å². The van der Waals surface area contributed by atoms with E-state index in [1.807, 2.05) is 25.9 Å². The lowest BCUT2D eigenvalue weighted by Crippen LogP contribution is -2.59. The minimum Gasteiger partial charge on any atom is -0.479 e. The standard InChI is InChI=1S/C11H21N3O4/c1-8(6-14(2)3)12-10(17)13-11(9(15)16)4-5-18-7-11/h8H,4-7H2,1-3H3,(H,15,16)(H2,12,13,17). The third-order valence-corrected chi connectivity index (χ3v) is 2.80. The number of carbonyl (C=O) groups is 2. The molecule has 104 valence electrons. The highest BCUT2D eigenvalue weighted by molar-refractivity contribution is 5.86. The fourth-order valence-corrected chi connectivity index (χ4v) is 1.96. The molecule has 0 bridgehead atoms. The summed E-state index contributed by atoms with van der Waals surface area (Å²) in [6, 6.07) is -0.537. The maximum atomic E-state index is 11.7. The predicted molar refractivity (Wildman–Crippen MR) is 65.5 cm³/mol. The van der Waals surface area contributed by atoms with Crippen LogP contribution in [-0.4, -0.2) is 67.4 Å². The first-order valence-corrected chi connectivity index (χ1v) is 5.90. The summed E-state index contributed by atoms with van der Waals surface area (Å²) in [5.41, 5.74) is -1.29. The fourth-order valence-electron chi connectivity index (χ4n) is 1.96. The third-order valence-electron chi connectivity index (χ3n) is 2.80. The fraction of sp³-hybridized carbons (Fsp3) is 0.818. The first-order chi connectivity index (χ1) is 8.35. The van der Waals surface area contributed by atoms with E-state index in [1.54, 1.807) is 0 Å². The van der Waals surface area contributed by atoms with Crippen LogP contribution in [0.15, 0.2) is 0 Å². The molecule has 1 rings (SSSR count). The number of aliphatic carboxylic acids is 1. The Labute approximate surface area is 106 Å². The molecule has 2 amide bonds. The number of carboxylic acids is 1. The van der Waals surface area contributed by atoms with Crippen molar-refractivity contribution in [3.63, 3.8) is 0 Å². The minimum atomic E-state index is -1.29. The molecule has 0 radical (unpaired) electrons. The van der Waals surface area contributed by atoms with Gasteiger partial charge in [0.2, 0.25) is 0 Å². The van der Waals surface area contributed by atoms with Crippen LogP contribution in [0.1, 0.15) is 13.3 Å². The van der Waals surface area contributed by atoms with Crippen LogP contribution in [-0.2, 0) is 9.53 Å². The molecule has 2 unspecified atom stereocenters. The zero-order chi connectivity index (χ0) is 13.8. The van der Waals surface area contributed by atoms with Gasteiger partial charge in [0.1, 0.15) is 0 Å². The average Bonchev–Trinajstić information content (AvgIpc) is 2.65. The van der Waals surface area contributed by atoms with E-state index in [2.05, 4.69) is 10.6 Å². The molecule has 3 N–H and O–H groups in total. The van der Waals surface area contributed by atoms with Crippen LogP contribution in [0.4, 0.5) is 4.79 Å². The van der Waals surface area contributed by atoms with Crippen molar-refractivity contribution in [2.45, 2.75) is 24.9 Å². The van der Waals surface area contributed by atoms with Gasteiger partial charge in [0, 0.05) is 25.6 Å². The highest BCUT2D eigenvalue weighted by atomic mass is 16.5. The smallest absolute Gasteiger partial charge is 0.332 e. The van der Waals surface area contributed by atoms with Crippen LogP contribution in [0.2, 0.25) is 0 Å². The zero-order valence-corrected chi connectivity index (χ0v) is 11.0. The van der Waals surface area contributed by atoms with E-state index in [-0.39, 0.29) is 19.1 Å². The largest absolute Gasteiger partial charge is 0.479 e. The van der Waals surface area contributed by atoms with Crippen molar-refractivity contribution in [3.05, 3.63) is 0 Å². The Balaban J connectivity index is 2.50. The van der Waals surface area contributed by atoms with Gasteiger partial charge in [-0.05, 0) is 21.0 Å². The highest BCUT2D eigenvalue weighted by Gasteiger charge is 2.44. The van der Waals surface area contributed by atoms with E-state index in [1.165, 1.54) is 0 Å². The molecule has 1 fully saturated rings. The van der Waals surface area contributed by atoms with Gasteiger partial charge in [0.25, 0.3) is 0 Å². The van der Waals surface area contributed by atoms with Crippen LogP contribution in [0.5, 0.6) is 0 Å². The number of rotatable bonds is 5. The Morgan fingerprint density at radius 1 is 1.50 bits per heavy atom. The SMILES string of the molecule is CC(CN(C)C)NC(=O)NC1(C(=O)O)CCOC1. The van der Waals surface area contributed by atoms with Gasteiger partial charge in [0.05, 0.1) is 6.61 Å². The highest BCUT2D eigenvalue weighted by Crippen LogP contribution is 2.18. The second kappa shape index (κ2) is 6.01. The number of likely N-dealkylation sites (N-methyl/N-ethyl adjacent to an activating group) is 1. The second-order valence-corrected chi connectivity index (χ2v) is 4.95. The summed E-state index contributed by atoms with van der Waals surface area (Å²) in [6.07, 6.45) is 0.289. The number of ether oxygens (including phenoxy) is 1. The van der Waals surface area contributed by atoms with Gasteiger partial charge in [-0.15, -0.1) is 0 Å². The average molecular weight is 259 g/mol. The summed E-state index contributed by atoms with van der Waals surface area (Å²) in [7, 11) is 3.80. The van der Waals surface area contributed by atoms with Gasteiger partial charge < -0.3 is 25.4 Å². The molecule has 0 aromatic carbocycles. The van der Waals surface area contributed by atoms with Gasteiger partial charge in [-0.25, -0.2) is 9.59 Å². The monoisotopic (exact) mass is 259 g/mol. The van der Waals surface area contributed by atoms with Crippen LogP contribution in [0, 0.1) is 0 Å². The number of hydrogen-bond acceptors (Lipinski definition) is 4. The summed E-state index contributed by atoms with van der Waals surface area (Å²) >= 11 is 0. The normalized spacial score (nSPS) is 24.9. The van der Waals surface area contributed by atoms with Crippen molar-refractivity contribution in [2.75, 3.05) is 33.9 Å². The molecule has 2 atom stereocenters. The van der Waals surface area contributed by atoms with E-state index in [0.717, 1.165) is 0 Å². The van der Waals surface area contributed by atoms with E-state index in [9.17, 15) is 9.59 Å². The van der Waals surface area contributed by atoms with Gasteiger partial charge in [-0.3, -0.25) is 0 Å². The van der Waals surface area contributed by atoms with Crippen LogP contribution >= 0.6 is 0 Å². The summed E-state index contributed by atoms with van der Waals surface area (Å²) in [6.45, 7) is 2.90. The molecule has 0 saturated carbocycles. The van der Waals surface area contributed by atoms with Crippen LogP contribution < -0.4 is 10.6 Å². The van der Waals surface area contributed by atoms with E-state index >= 15 is 0 Å². The zero-order valence-electron chi connectivity index (χ0n) is 11.0. The molecule has 1 heterocycles.